The van der Waals surface area contributed by atoms with Crippen LogP contribution in [-0.2, 0) is 12.8 Å². The standard InChI is InChI=1S/C21H29N3/c1-22-14-17-23(2)15-7-16-24-20-10-5-3-8-18(20)12-13-19-9-4-6-11-21(19)24/h3-6,8-11,22H,7,12-17H2,1-2H3. The Balaban J connectivity index is 1.76. The number of fused-ring (bicyclic) bond motifs is 2. The van der Waals surface area contributed by atoms with E-state index >= 15 is 0 Å². The molecule has 3 nitrogen and oxygen atoms in total. The Morgan fingerprint density at radius 2 is 1.50 bits per heavy atom. The van der Waals surface area contributed by atoms with Gasteiger partial charge in [-0.2, -0.15) is 0 Å². The van der Waals surface area contributed by atoms with Gasteiger partial charge in [0, 0.05) is 31.0 Å². The minimum absolute atomic E-state index is 1.05. The van der Waals surface area contributed by atoms with Crippen LogP contribution in [0.1, 0.15) is 17.5 Å². The SMILES string of the molecule is CNCCN(C)CCCN1c2ccccc2CCc2ccccc21. The number of nitrogens with zero attached hydrogens (tertiary/aromatic N) is 2. The molecule has 0 radical (unpaired) electrons. The lowest BCUT2D eigenvalue weighted by Crippen LogP contribution is -2.30. The van der Waals surface area contributed by atoms with Gasteiger partial charge in [-0.25, -0.2) is 0 Å². The summed E-state index contributed by atoms with van der Waals surface area (Å²) in [6.07, 6.45) is 3.43. The molecule has 0 aromatic heterocycles. The number of aryl methyl sites for hydroxylation is 2. The zero-order chi connectivity index (χ0) is 16.8. The second-order valence-corrected chi connectivity index (χ2v) is 6.67. The van der Waals surface area contributed by atoms with Crippen molar-refractivity contribution in [3.05, 3.63) is 59.7 Å². The van der Waals surface area contributed by atoms with E-state index in [1.807, 2.05) is 7.05 Å². The minimum Gasteiger partial charge on any atom is -0.341 e. The molecule has 0 bridgehead atoms. The molecule has 128 valence electrons. The zero-order valence-electron chi connectivity index (χ0n) is 15.0. The number of rotatable bonds is 7. The number of likely N-dealkylation sites (N-methyl/N-ethyl adjacent to an activating group) is 2. The van der Waals surface area contributed by atoms with E-state index in [1.165, 1.54) is 28.9 Å². The highest BCUT2D eigenvalue weighted by atomic mass is 15.2. The highest BCUT2D eigenvalue weighted by Crippen LogP contribution is 2.35. The smallest absolute Gasteiger partial charge is 0.0443 e. The normalized spacial score (nSPS) is 13.5. The third-order valence-corrected chi connectivity index (χ3v) is 4.89. The van der Waals surface area contributed by atoms with Gasteiger partial charge in [0.05, 0.1) is 0 Å². The summed E-state index contributed by atoms with van der Waals surface area (Å²) in [7, 11) is 4.22. The number of hydrogen-bond donors (Lipinski definition) is 1. The van der Waals surface area contributed by atoms with Crippen molar-refractivity contribution in [2.24, 2.45) is 0 Å². The van der Waals surface area contributed by atoms with E-state index in [0.717, 1.165) is 39.0 Å². The molecule has 1 aliphatic rings. The number of hydrogen-bond acceptors (Lipinski definition) is 3. The molecule has 2 aromatic rings. The lowest BCUT2D eigenvalue weighted by Gasteiger charge is -2.28. The van der Waals surface area contributed by atoms with Crippen LogP contribution in [0.2, 0.25) is 0 Å². The molecule has 0 atom stereocenters. The van der Waals surface area contributed by atoms with Crippen molar-refractivity contribution in [2.75, 3.05) is 45.2 Å². The van der Waals surface area contributed by atoms with Gasteiger partial charge in [0.25, 0.3) is 0 Å². The van der Waals surface area contributed by atoms with Crippen molar-refractivity contribution in [2.45, 2.75) is 19.3 Å². The molecule has 0 fully saturated rings. The first kappa shape index (κ1) is 17.0. The first-order chi connectivity index (χ1) is 11.8. The molecule has 2 aromatic carbocycles. The molecule has 0 saturated carbocycles. The number of anilines is 2. The first-order valence-electron chi connectivity index (χ1n) is 9.06. The molecule has 1 heterocycles. The van der Waals surface area contributed by atoms with E-state index in [2.05, 4.69) is 70.7 Å². The third kappa shape index (κ3) is 3.97. The van der Waals surface area contributed by atoms with Crippen LogP contribution >= 0.6 is 0 Å². The quantitative estimate of drug-likeness (QED) is 0.842. The van der Waals surface area contributed by atoms with E-state index in [1.54, 1.807) is 0 Å². The predicted octanol–water partition coefficient (Wildman–Crippen LogP) is 3.46. The summed E-state index contributed by atoms with van der Waals surface area (Å²) in [6, 6.07) is 17.8. The Bertz CT molecular complexity index is 606. The Morgan fingerprint density at radius 3 is 2.08 bits per heavy atom. The number of nitrogens with one attached hydrogen (secondary N) is 1. The molecule has 0 saturated heterocycles. The van der Waals surface area contributed by atoms with Crippen molar-refractivity contribution in [3.63, 3.8) is 0 Å². The summed E-state index contributed by atoms with van der Waals surface area (Å²) in [5, 5.41) is 3.22. The summed E-state index contributed by atoms with van der Waals surface area (Å²) in [5.74, 6) is 0. The molecule has 0 spiro atoms. The fraction of sp³-hybridized carbons (Fsp3) is 0.429. The Hall–Kier alpha value is -1.84. The molecule has 0 unspecified atom stereocenters. The molecular weight excluding hydrogens is 294 g/mol. The average molecular weight is 323 g/mol. The van der Waals surface area contributed by atoms with Gasteiger partial charge in [-0.05, 0) is 63.2 Å². The lowest BCUT2D eigenvalue weighted by atomic mass is 10.0. The van der Waals surface area contributed by atoms with Crippen molar-refractivity contribution >= 4 is 11.4 Å². The topological polar surface area (TPSA) is 18.5 Å². The van der Waals surface area contributed by atoms with Crippen LogP contribution in [0.4, 0.5) is 11.4 Å². The van der Waals surface area contributed by atoms with Crippen molar-refractivity contribution < 1.29 is 0 Å². The highest BCUT2D eigenvalue weighted by molar-refractivity contribution is 5.71. The Kier molecular flexibility index (Phi) is 5.89. The van der Waals surface area contributed by atoms with Gasteiger partial charge in [-0.3, -0.25) is 0 Å². The van der Waals surface area contributed by atoms with Gasteiger partial charge in [-0.15, -0.1) is 0 Å². The summed E-state index contributed by atoms with van der Waals surface area (Å²) in [4.78, 5) is 4.94. The van der Waals surface area contributed by atoms with E-state index < -0.39 is 0 Å². The minimum atomic E-state index is 1.05. The summed E-state index contributed by atoms with van der Waals surface area (Å²) in [5.41, 5.74) is 5.72. The van der Waals surface area contributed by atoms with Gasteiger partial charge in [0.15, 0.2) is 0 Å². The Labute approximate surface area is 146 Å². The maximum absolute atomic E-state index is 3.22. The largest absolute Gasteiger partial charge is 0.341 e. The summed E-state index contributed by atoms with van der Waals surface area (Å²) < 4.78 is 0. The summed E-state index contributed by atoms with van der Waals surface area (Å²) in [6.45, 7) is 4.34. The number of benzene rings is 2. The summed E-state index contributed by atoms with van der Waals surface area (Å²) >= 11 is 0. The lowest BCUT2D eigenvalue weighted by molar-refractivity contribution is 0.332. The van der Waals surface area contributed by atoms with Gasteiger partial charge in [-0.1, -0.05) is 36.4 Å². The van der Waals surface area contributed by atoms with Gasteiger partial charge in [0.2, 0.25) is 0 Å². The van der Waals surface area contributed by atoms with Crippen LogP contribution in [0.5, 0.6) is 0 Å². The third-order valence-electron chi connectivity index (χ3n) is 4.89. The highest BCUT2D eigenvalue weighted by Gasteiger charge is 2.19. The molecular formula is C21H29N3. The zero-order valence-corrected chi connectivity index (χ0v) is 15.0. The van der Waals surface area contributed by atoms with E-state index in [0.29, 0.717) is 0 Å². The van der Waals surface area contributed by atoms with E-state index in [9.17, 15) is 0 Å². The van der Waals surface area contributed by atoms with Crippen LogP contribution in [0.3, 0.4) is 0 Å². The van der Waals surface area contributed by atoms with Crippen LogP contribution in [0, 0.1) is 0 Å². The van der Waals surface area contributed by atoms with E-state index in [4.69, 9.17) is 0 Å². The molecule has 24 heavy (non-hydrogen) atoms. The monoisotopic (exact) mass is 323 g/mol. The van der Waals surface area contributed by atoms with Gasteiger partial charge >= 0.3 is 0 Å². The van der Waals surface area contributed by atoms with Gasteiger partial charge < -0.3 is 15.1 Å². The first-order valence-corrected chi connectivity index (χ1v) is 9.06. The van der Waals surface area contributed by atoms with Crippen molar-refractivity contribution in [1.82, 2.24) is 10.2 Å². The Morgan fingerprint density at radius 1 is 0.917 bits per heavy atom. The molecule has 1 N–H and O–H groups in total. The molecule has 0 aliphatic carbocycles. The maximum atomic E-state index is 3.22. The molecule has 3 heteroatoms. The van der Waals surface area contributed by atoms with Crippen LogP contribution in [0.25, 0.3) is 0 Å². The maximum Gasteiger partial charge on any atom is 0.0443 e. The van der Waals surface area contributed by atoms with Crippen LogP contribution in [-0.4, -0.2) is 45.2 Å². The second-order valence-electron chi connectivity index (χ2n) is 6.67. The van der Waals surface area contributed by atoms with Crippen molar-refractivity contribution in [1.29, 1.82) is 0 Å². The molecule has 1 aliphatic heterocycles. The second kappa shape index (κ2) is 8.32. The van der Waals surface area contributed by atoms with E-state index in [-0.39, 0.29) is 0 Å². The number of para-hydroxylation sites is 2. The van der Waals surface area contributed by atoms with Crippen molar-refractivity contribution in [3.8, 4) is 0 Å². The fourth-order valence-electron chi connectivity index (χ4n) is 3.52. The van der Waals surface area contributed by atoms with Gasteiger partial charge in [0.1, 0.15) is 0 Å². The van der Waals surface area contributed by atoms with Crippen LogP contribution in [0.15, 0.2) is 48.5 Å². The fourth-order valence-corrected chi connectivity index (χ4v) is 3.52. The molecule has 3 rings (SSSR count). The molecule has 0 amide bonds. The average Bonchev–Trinajstić information content (AvgIpc) is 2.78. The predicted molar refractivity (Wildman–Crippen MR) is 103 cm³/mol. The van der Waals surface area contributed by atoms with Crippen LogP contribution < -0.4 is 10.2 Å².